The molecule has 0 saturated heterocycles. The smallest absolute Gasteiger partial charge is 0.277 e. The van der Waals surface area contributed by atoms with Crippen molar-refractivity contribution in [1.29, 1.82) is 0 Å². The number of aromatic nitrogens is 3. The van der Waals surface area contributed by atoms with Gasteiger partial charge in [-0.3, -0.25) is 4.79 Å². The van der Waals surface area contributed by atoms with Crippen LogP contribution >= 0.6 is 0 Å². The number of methoxy groups -OCH3 is 2. The number of hydrogen-bond acceptors (Lipinski definition) is 5. The van der Waals surface area contributed by atoms with Gasteiger partial charge in [-0.25, -0.2) is 4.68 Å². The van der Waals surface area contributed by atoms with E-state index in [2.05, 4.69) is 15.6 Å². The number of ether oxygens (including phenoxy) is 2. The second-order valence-corrected chi connectivity index (χ2v) is 5.31. The zero-order valence-electron chi connectivity index (χ0n) is 14.0. The number of nitrogens with one attached hydrogen (secondary N) is 1. The van der Waals surface area contributed by atoms with Gasteiger partial charge in [0.25, 0.3) is 5.91 Å². The summed E-state index contributed by atoms with van der Waals surface area (Å²) in [6.45, 7) is 0.553. The van der Waals surface area contributed by atoms with Crippen molar-refractivity contribution < 1.29 is 14.3 Å². The van der Waals surface area contributed by atoms with Crippen LogP contribution in [0.4, 0.5) is 5.69 Å². The first-order valence-corrected chi connectivity index (χ1v) is 7.67. The molecular weight excluding hydrogens is 320 g/mol. The van der Waals surface area contributed by atoms with Gasteiger partial charge in [0.1, 0.15) is 0 Å². The first-order valence-electron chi connectivity index (χ1n) is 7.67. The first-order chi connectivity index (χ1) is 12.2. The minimum absolute atomic E-state index is 0.241. The van der Waals surface area contributed by atoms with E-state index >= 15 is 0 Å². The molecule has 0 aliphatic heterocycles. The van der Waals surface area contributed by atoms with Gasteiger partial charge in [0.2, 0.25) is 0 Å². The van der Waals surface area contributed by atoms with Gasteiger partial charge in [0.15, 0.2) is 17.2 Å². The number of amides is 1. The summed E-state index contributed by atoms with van der Waals surface area (Å²) < 4.78 is 12.0. The molecule has 7 heteroatoms. The lowest BCUT2D eigenvalue weighted by atomic mass is 10.2. The maximum atomic E-state index is 12.3. The van der Waals surface area contributed by atoms with Crippen LogP contribution in [-0.2, 0) is 6.54 Å². The normalized spacial score (nSPS) is 10.3. The van der Waals surface area contributed by atoms with Gasteiger partial charge >= 0.3 is 0 Å². The largest absolute Gasteiger partial charge is 0.493 e. The molecule has 0 unspecified atom stereocenters. The minimum atomic E-state index is -0.341. The van der Waals surface area contributed by atoms with E-state index in [1.54, 1.807) is 43.3 Å². The molecule has 1 N–H and O–H groups in total. The summed E-state index contributed by atoms with van der Waals surface area (Å²) in [5.41, 5.74) is 1.91. The molecule has 128 valence electrons. The second-order valence-electron chi connectivity index (χ2n) is 5.31. The number of nitrogens with zero attached hydrogens (tertiary/aromatic N) is 3. The molecule has 0 saturated carbocycles. The van der Waals surface area contributed by atoms with Crippen LogP contribution in [0.1, 0.15) is 16.1 Å². The van der Waals surface area contributed by atoms with Gasteiger partial charge in [0.05, 0.1) is 27.0 Å². The third-order valence-corrected chi connectivity index (χ3v) is 3.60. The molecule has 0 fully saturated rings. The maximum Gasteiger partial charge on any atom is 0.277 e. The summed E-state index contributed by atoms with van der Waals surface area (Å²) in [6.07, 6.45) is 1.61. The lowest BCUT2D eigenvalue weighted by molar-refractivity contribution is 0.102. The number of carbonyl (C=O) groups excluding carboxylic acids is 1. The molecule has 1 amide bonds. The predicted octanol–water partition coefficient (Wildman–Crippen LogP) is 2.60. The Hall–Kier alpha value is -3.35. The van der Waals surface area contributed by atoms with Crippen LogP contribution in [0.3, 0.4) is 0 Å². The summed E-state index contributed by atoms with van der Waals surface area (Å²) >= 11 is 0. The Morgan fingerprint density at radius 2 is 1.84 bits per heavy atom. The molecule has 7 nitrogen and oxygen atoms in total. The highest BCUT2D eigenvalue weighted by atomic mass is 16.5. The molecule has 0 atom stereocenters. The average molecular weight is 338 g/mol. The topological polar surface area (TPSA) is 78.3 Å². The fraction of sp³-hybridized carbons (Fsp3) is 0.167. The Kier molecular flexibility index (Phi) is 4.94. The third-order valence-electron chi connectivity index (χ3n) is 3.60. The average Bonchev–Trinajstić information content (AvgIpc) is 3.11. The molecule has 0 bridgehead atoms. The molecule has 0 radical (unpaired) electrons. The van der Waals surface area contributed by atoms with Gasteiger partial charge in [-0.2, -0.15) is 0 Å². The van der Waals surface area contributed by atoms with E-state index in [0.29, 0.717) is 23.7 Å². The van der Waals surface area contributed by atoms with E-state index in [-0.39, 0.29) is 11.6 Å². The summed E-state index contributed by atoms with van der Waals surface area (Å²) in [4.78, 5) is 12.3. The molecule has 0 spiro atoms. The summed E-state index contributed by atoms with van der Waals surface area (Å²) in [7, 11) is 3.10. The Balaban J connectivity index is 1.70. The van der Waals surface area contributed by atoms with Crippen LogP contribution in [0.15, 0.2) is 54.7 Å². The molecule has 1 aromatic heterocycles. The SMILES string of the molecule is COc1ccc(NC(=O)c2cn(Cc3ccccc3)nn2)cc1OC. The van der Waals surface area contributed by atoms with E-state index in [1.165, 1.54) is 0 Å². The molecule has 2 aromatic carbocycles. The van der Waals surface area contributed by atoms with Gasteiger partial charge in [-0.15, -0.1) is 5.10 Å². The van der Waals surface area contributed by atoms with Crippen molar-refractivity contribution in [3.05, 3.63) is 66.0 Å². The molecule has 3 aromatic rings. The zero-order valence-corrected chi connectivity index (χ0v) is 14.0. The summed E-state index contributed by atoms with van der Waals surface area (Å²) in [6, 6.07) is 15.0. The standard InChI is InChI=1S/C18H18N4O3/c1-24-16-9-8-14(10-17(16)25-2)19-18(23)15-12-22(21-20-15)11-13-6-4-3-5-7-13/h3-10,12H,11H2,1-2H3,(H,19,23). The lowest BCUT2D eigenvalue weighted by Crippen LogP contribution is -2.12. The third kappa shape index (κ3) is 3.95. The molecule has 0 aliphatic carbocycles. The van der Waals surface area contributed by atoms with Crippen molar-refractivity contribution in [2.75, 3.05) is 19.5 Å². The maximum absolute atomic E-state index is 12.3. The van der Waals surface area contributed by atoms with Crippen LogP contribution in [0.2, 0.25) is 0 Å². The highest BCUT2D eigenvalue weighted by molar-refractivity contribution is 6.02. The predicted molar refractivity (Wildman–Crippen MR) is 93.1 cm³/mol. The molecule has 25 heavy (non-hydrogen) atoms. The van der Waals surface area contributed by atoms with E-state index < -0.39 is 0 Å². The van der Waals surface area contributed by atoms with Gasteiger partial charge in [-0.05, 0) is 17.7 Å². The Labute approximate surface area is 145 Å². The van der Waals surface area contributed by atoms with E-state index in [0.717, 1.165) is 5.56 Å². The summed E-state index contributed by atoms with van der Waals surface area (Å²) in [5, 5.41) is 10.7. The number of rotatable bonds is 6. The molecule has 0 aliphatic rings. The van der Waals surface area contributed by atoms with Gasteiger partial charge < -0.3 is 14.8 Å². The van der Waals surface area contributed by atoms with E-state index in [9.17, 15) is 4.79 Å². The van der Waals surface area contributed by atoms with Crippen molar-refractivity contribution >= 4 is 11.6 Å². The summed E-state index contributed by atoms with van der Waals surface area (Å²) in [5.74, 6) is 0.786. The number of anilines is 1. The number of hydrogen-bond donors (Lipinski definition) is 1. The van der Waals surface area contributed by atoms with E-state index in [1.807, 2.05) is 30.3 Å². The zero-order chi connectivity index (χ0) is 17.6. The van der Waals surface area contributed by atoms with Crippen LogP contribution in [0.5, 0.6) is 11.5 Å². The Morgan fingerprint density at radius 3 is 2.56 bits per heavy atom. The van der Waals surface area contributed by atoms with Crippen LogP contribution < -0.4 is 14.8 Å². The molecule has 1 heterocycles. The lowest BCUT2D eigenvalue weighted by Gasteiger charge is -2.09. The van der Waals surface area contributed by atoms with Crippen LogP contribution in [-0.4, -0.2) is 35.1 Å². The first kappa shape index (κ1) is 16.5. The molecular formula is C18H18N4O3. The molecule has 3 rings (SSSR count). The van der Waals surface area contributed by atoms with Crippen molar-refractivity contribution in [3.63, 3.8) is 0 Å². The fourth-order valence-electron chi connectivity index (χ4n) is 2.36. The number of carbonyl (C=O) groups is 1. The highest BCUT2D eigenvalue weighted by Gasteiger charge is 2.13. The van der Waals surface area contributed by atoms with Crippen molar-refractivity contribution in [1.82, 2.24) is 15.0 Å². The monoisotopic (exact) mass is 338 g/mol. The fourth-order valence-corrected chi connectivity index (χ4v) is 2.36. The van der Waals surface area contributed by atoms with Crippen LogP contribution in [0.25, 0.3) is 0 Å². The Bertz CT molecular complexity index is 862. The van der Waals surface area contributed by atoms with Crippen molar-refractivity contribution in [3.8, 4) is 11.5 Å². The second kappa shape index (κ2) is 7.48. The van der Waals surface area contributed by atoms with Gasteiger partial charge in [-0.1, -0.05) is 35.5 Å². The highest BCUT2D eigenvalue weighted by Crippen LogP contribution is 2.29. The minimum Gasteiger partial charge on any atom is -0.493 e. The van der Waals surface area contributed by atoms with E-state index in [4.69, 9.17) is 9.47 Å². The van der Waals surface area contributed by atoms with Crippen molar-refractivity contribution in [2.45, 2.75) is 6.54 Å². The van der Waals surface area contributed by atoms with Crippen molar-refractivity contribution in [2.24, 2.45) is 0 Å². The van der Waals surface area contributed by atoms with Gasteiger partial charge in [0, 0.05) is 11.8 Å². The quantitative estimate of drug-likeness (QED) is 0.747. The Morgan fingerprint density at radius 1 is 1.08 bits per heavy atom. The number of benzene rings is 2. The van der Waals surface area contributed by atoms with Crippen LogP contribution in [0, 0.1) is 0 Å².